The molecule has 0 amide bonds. The van der Waals surface area contributed by atoms with Crippen LogP contribution in [0.15, 0.2) is 0 Å². The molecule has 1 heteroatoms. The van der Waals surface area contributed by atoms with Crippen LogP contribution in [0.3, 0.4) is 0 Å². The molecule has 0 radical (unpaired) electrons. The van der Waals surface area contributed by atoms with Crippen molar-refractivity contribution in [3.63, 3.8) is 0 Å². The van der Waals surface area contributed by atoms with E-state index in [1.165, 1.54) is 25.7 Å². The Morgan fingerprint density at radius 3 is 2.12 bits per heavy atom. The van der Waals surface area contributed by atoms with Gasteiger partial charge in [-0.3, -0.25) is 0 Å². The summed E-state index contributed by atoms with van der Waals surface area (Å²) in [5, 5.41) is 0. The molecule has 4 unspecified atom stereocenters. The maximum atomic E-state index is 6.04. The van der Waals surface area contributed by atoms with Crippen molar-refractivity contribution in [3.05, 3.63) is 0 Å². The van der Waals surface area contributed by atoms with Gasteiger partial charge in [-0.05, 0) is 68.1 Å². The summed E-state index contributed by atoms with van der Waals surface area (Å²) < 4.78 is 6.04. The molecule has 3 aliphatic carbocycles. The minimum absolute atomic E-state index is 0.111. The second-order valence-corrected chi connectivity index (χ2v) is 8.42. The average molecular weight is 236 g/mol. The smallest absolute Gasteiger partial charge is 0.0632 e. The zero-order chi connectivity index (χ0) is 12.5. The zero-order valence-electron chi connectivity index (χ0n) is 12.2. The Kier molecular flexibility index (Phi) is 2.32. The summed E-state index contributed by atoms with van der Waals surface area (Å²) in [6.45, 7) is 13.0. The lowest BCUT2D eigenvalue weighted by Gasteiger charge is -2.63. The number of hydrogen-bond acceptors (Lipinski definition) is 1. The standard InChI is InChI=1S/C16H28O/c1-14(2)9-16(5,10-17-14)12-7-6-11-8-13(12)15(11,3)4/h11-13H,6-10H2,1-5H3. The molecule has 2 bridgehead atoms. The van der Waals surface area contributed by atoms with Crippen LogP contribution in [0.2, 0.25) is 0 Å². The van der Waals surface area contributed by atoms with E-state index in [1.54, 1.807) is 0 Å². The van der Waals surface area contributed by atoms with Crippen molar-refractivity contribution in [2.75, 3.05) is 6.61 Å². The Balaban J connectivity index is 1.81. The fourth-order valence-electron chi connectivity index (χ4n) is 5.32. The van der Waals surface area contributed by atoms with Crippen LogP contribution < -0.4 is 0 Å². The first-order valence-corrected chi connectivity index (χ1v) is 7.39. The van der Waals surface area contributed by atoms with Crippen molar-refractivity contribution < 1.29 is 4.74 Å². The maximum absolute atomic E-state index is 6.04. The van der Waals surface area contributed by atoms with Gasteiger partial charge in [0.2, 0.25) is 0 Å². The summed E-state index contributed by atoms with van der Waals surface area (Å²) >= 11 is 0. The van der Waals surface area contributed by atoms with Crippen LogP contribution in [0.4, 0.5) is 0 Å². The summed E-state index contributed by atoms with van der Waals surface area (Å²) in [6, 6.07) is 0. The predicted octanol–water partition coefficient (Wildman–Crippen LogP) is 4.26. The largest absolute Gasteiger partial charge is 0.375 e. The lowest BCUT2D eigenvalue weighted by Crippen LogP contribution is -2.56. The first kappa shape index (κ1) is 12.0. The molecular formula is C16H28O. The topological polar surface area (TPSA) is 9.23 Å². The predicted molar refractivity (Wildman–Crippen MR) is 70.9 cm³/mol. The van der Waals surface area contributed by atoms with E-state index < -0.39 is 0 Å². The fraction of sp³-hybridized carbons (Fsp3) is 1.00. The van der Waals surface area contributed by atoms with Crippen LogP contribution in [-0.2, 0) is 4.74 Å². The lowest BCUT2D eigenvalue weighted by atomic mass is 9.42. The molecule has 4 fully saturated rings. The number of rotatable bonds is 1. The molecule has 0 spiro atoms. The van der Waals surface area contributed by atoms with Crippen molar-refractivity contribution in [1.82, 2.24) is 0 Å². The summed E-state index contributed by atoms with van der Waals surface area (Å²) in [4.78, 5) is 0. The van der Waals surface area contributed by atoms with Gasteiger partial charge in [-0.1, -0.05) is 20.8 Å². The van der Waals surface area contributed by atoms with Gasteiger partial charge in [0, 0.05) is 0 Å². The highest BCUT2D eigenvalue weighted by Crippen LogP contribution is 2.66. The van der Waals surface area contributed by atoms with Crippen LogP contribution in [0.1, 0.15) is 60.3 Å². The molecule has 1 saturated heterocycles. The Morgan fingerprint density at radius 2 is 1.65 bits per heavy atom. The van der Waals surface area contributed by atoms with E-state index in [4.69, 9.17) is 4.74 Å². The fourth-order valence-corrected chi connectivity index (χ4v) is 5.32. The molecule has 98 valence electrons. The third-order valence-corrected chi connectivity index (χ3v) is 6.38. The van der Waals surface area contributed by atoms with Crippen molar-refractivity contribution in [2.45, 2.75) is 65.9 Å². The Hall–Kier alpha value is -0.0400. The molecule has 0 aromatic carbocycles. The van der Waals surface area contributed by atoms with Gasteiger partial charge < -0.3 is 4.74 Å². The summed E-state index contributed by atoms with van der Waals surface area (Å²) in [5.41, 5.74) is 1.16. The molecule has 0 N–H and O–H groups in total. The first-order valence-electron chi connectivity index (χ1n) is 7.39. The number of fused-ring (bicyclic) bond motifs is 2. The molecule has 4 aliphatic rings. The second kappa shape index (κ2) is 3.29. The van der Waals surface area contributed by atoms with Gasteiger partial charge in [-0.15, -0.1) is 0 Å². The van der Waals surface area contributed by atoms with E-state index in [0.29, 0.717) is 10.8 Å². The van der Waals surface area contributed by atoms with Crippen molar-refractivity contribution >= 4 is 0 Å². The Morgan fingerprint density at radius 1 is 0.941 bits per heavy atom. The van der Waals surface area contributed by atoms with Gasteiger partial charge in [-0.2, -0.15) is 0 Å². The number of hydrogen-bond donors (Lipinski definition) is 0. The quantitative estimate of drug-likeness (QED) is 0.661. The van der Waals surface area contributed by atoms with E-state index in [9.17, 15) is 0 Å². The van der Waals surface area contributed by atoms with E-state index in [-0.39, 0.29) is 5.60 Å². The third kappa shape index (κ3) is 1.61. The summed E-state index contributed by atoms with van der Waals surface area (Å²) in [7, 11) is 0. The van der Waals surface area contributed by atoms with Gasteiger partial charge in [0.25, 0.3) is 0 Å². The van der Waals surface area contributed by atoms with Crippen molar-refractivity contribution in [3.8, 4) is 0 Å². The van der Waals surface area contributed by atoms with Gasteiger partial charge in [0.1, 0.15) is 0 Å². The SMILES string of the molecule is CC1(C)CC(C)(C2CCC3CC2C3(C)C)CO1. The normalized spacial score (nSPS) is 51.0. The van der Waals surface area contributed by atoms with Crippen LogP contribution in [-0.4, -0.2) is 12.2 Å². The van der Waals surface area contributed by atoms with E-state index in [1.807, 2.05) is 0 Å². The molecule has 3 saturated carbocycles. The van der Waals surface area contributed by atoms with Gasteiger partial charge in [0.15, 0.2) is 0 Å². The van der Waals surface area contributed by atoms with Crippen molar-refractivity contribution in [2.24, 2.45) is 28.6 Å². The number of ether oxygens (including phenoxy) is 1. The molecule has 4 atom stereocenters. The second-order valence-electron chi connectivity index (χ2n) is 8.42. The average Bonchev–Trinajstić information content (AvgIpc) is 2.54. The van der Waals surface area contributed by atoms with Crippen molar-refractivity contribution in [1.29, 1.82) is 0 Å². The van der Waals surface area contributed by atoms with Crippen LogP contribution in [0.5, 0.6) is 0 Å². The van der Waals surface area contributed by atoms with E-state index >= 15 is 0 Å². The lowest BCUT2D eigenvalue weighted by molar-refractivity contribution is -0.141. The molecule has 4 rings (SSSR count). The van der Waals surface area contributed by atoms with E-state index in [2.05, 4.69) is 34.6 Å². The third-order valence-electron chi connectivity index (χ3n) is 6.38. The van der Waals surface area contributed by atoms with E-state index in [0.717, 1.165) is 24.4 Å². The maximum Gasteiger partial charge on any atom is 0.0632 e. The zero-order valence-corrected chi connectivity index (χ0v) is 12.2. The first-order chi connectivity index (χ1) is 7.75. The summed E-state index contributed by atoms with van der Waals surface area (Å²) in [6.07, 6.45) is 5.66. The Labute approximate surface area is 106 Å². The Bertz CT molecular complexity index is 328. The molecule has 17 heavy (non-hydrogen) atoms. The molecule has 0 aromatic heterocycles. The van der Waals surface area contributed by atoms with Gasteiger partial charge >= 0.3 is 0 Å². The summed E-state index contributed by atoms with van der Waals surface area (Å²) in [5.74, 6) is 2.88. The van der Waals surface area contributed by atoms with Crippen LogP contribution in [0, 0.1) is 28.6 Å². The van der Waals surface area contributed by atoms with Gasteiger partial charge in [0.05, 0.1) is 12.2 Å². The van der Waals surface area contributed by atoms with Crippen LogP contribution in [0.25, 0.3) is 0 Å². The minimum atomic E-state index is 0.111. The van der Waals surface area contributed by atoms with Gasteiger partial charge in [-0.25, -0.2) is 0 Å². The minimum Gasteiger partial charge on any atom is -0.375 e. The molecule has 0 aromatic rings. The molecular weight excluding hydrogens is 208 g/mol. The highest BCUT2D eigenvalue weighted by atomic mass is 16.5. The molecule has 1 aliphatic heterocycles. The van der Waals surface area contributed by atoms with Crippen LogP contribution >= 0.6 is 0 Å². The molecule has 1 heterocycles. The monoisotopic (exact) mass is 236 g/mol. The highest BCUT2D eigenvalue weighted by Gasteiger charge is 2.60. The highest BCUT2D eigenvalue weighted by molar-refractivity contribution is 5.08. The molecule has 1 nitrogen and oxygen atoms in total.